The molecule has 3 heterocycles. The van der Waals surface area contributed by atoms with Crippen molar-refractivity contribution in [2.45, 2.75) is 19.4 Å². The van der Waals surface area contributed by atoms with Gasteiger partial charge in [0, 0.05) is 63.6 Å². The van der Waals surface area contributed by atoms with E-state index in [0.29, 0.717) is 13.1 Å². The van der Waals surface area contributed by atoms with Gasteiger partial charge in [-0.2, -0.15) is 0 Å². The Kier molecular flexibility index (Phi) is 5.29. The van der Waals surface area contributed by atoms with Gasteiger partial charge >= 0.3 is 6.09 Å². The van der Waals surface area contributed by atoms with Crippen molar-refractivity contribution in [3.8, 4) is 11.8 Å². The van der Waals surface area contributed by atoms with Gasteiger partial charge in [-0.05, 0) is 30.5 Å². The number of piperazine rings is 1. The SMILES string of the molecule is O=C(On1c(O)ccc1O)N1CCN(Cc2ccc(N3CCCC3)cc2)CC1. The molecule has 150 valence electrons. The largest absolute Gasteiger partial charge is 0.492 e. The normalized spacial score (nSPS) is 17.9. The molecule has 28 heavy (non-hydrogen) atoms. The van der Waals surface area contributed by atoms with Crippen LogP contribution >= 0.6 is 0 Å². The maximum absolute atomic E-state index is 12.2. The fraction of sp³-hybridized carbons (Fsp3) is 0.450. The number of hydrogen-bond acceptors (Lipinski definition) is 6. The lowest BCUT2D eigenvalue weighted by Crippen LogP contribution is -2.50. The number of carbonyl (C=O) groups excluding carboxylic acids is 1. The van der Waals surface area contributed by atoms with E-state index in [1.165, 1.54) is 36.2 Å². The minimum Gasteiger partial charge on any atom is -0.492 e. The molecule has 2 saturated heterocycles. The van der Waals surface area contributed by atoms with Gasteiger partial charge in [0.2, 0.25) is 11.8 Å². The molecule has 0 radical (unpaired) electrons. The summed E-state index contributed by atoms with van der Waals surface area (Å²) in [6.45, 7) is 5.70. The first kappa shape index (κ1) is 18.5. The first-order valence-corrected chi connectivity index (χ1v) is 9.73. The fourth-order valence-electron chi connectivity index (χ4n) is 3.77. The minimum absolute atomic E-state index is 0.318. The second-order valence-corrected chi connectivity index (χ2v) is 7.33. The molecule has 2 aliphatic heterocycles. The smallest absolute Gasteiger partial charge is 0.434 e. The van der Waals surface area contributed by atoms with Crippen molar-refractivity contribution in [1.82, 2.24) is 14.5 Å². The fourth-order valence-corrected chi connectivity index (χ4v) is 3.77. The molecule has 8 nitrogen and oxygen atoms in total. The average molecular weight is 386 g/mol. The van der Waals surface area contributed by atoms with Crippen LogP contribution in [0.1, 0.15) is 18.4 Å². The third-order valence-corrected chi connectivity index (χ3v) is 5.41. The number of aromatic hydroxyl groups is 2. The molecule has 2 N–H and O–H groups in total. The number of anilines is 1. The van der Waals surface area contributed by atoms with Crippen LogP contribution in [0.25, 0.3) is 0 Å². The Labute approximate surface area is 164 Å². The molecular formula is C20H26N4O4. The van der Waals surface area contributed by atoms with Crippen LogP contribution in [0.2, 0.25) is 0 Å². The van der Waals surface area contributed by atoms with Crippen molar-refractivity contribution >= 4 is 11.8 Å². The van der Waals surface area contributed by atoms with Gasteiger partial charge in [0.15, 0.2) is 0 Å². The number of rotatable bonds is 4. The van der Waals surface area contributed by atoms with E-state index in [1.54, 1.807) is 4.90 Å². The summed E-state index contributed by atoms with van der Waals surface area (Å²) in [5.41, 5.74) is 2.56. The summed E-state index contributed by atoms with van der Waals surface area (Å²) in [6, 6.07) is 11.3. The standard InChI is InChI=1S/C20H26N4O4/c25-18-7-8-19(26)24(18)28-20(27)23-13-11-21(12-14-23)15-16-3-5-17(6-4-16)22-9-1-2-10-22/h3-8,25-26H,1-2,9-15H2. The molecule has 0 spiro atoms. The van der Waals surface area contributed by atoms with Crippen LogP contribution in [-0.4, -0.2) is 70.1 Å². The predicted molar refractivity (Wildman–Crippen MR) is 104 cm³/mol. The van der Waals surface area contributed by atoms with Crippen molar-refractivity contribution in [2.24, 2.45) is 0 Å². The van der Waals surface area contributed by atoms with Crippen molar-refractivity contribution in [3.63, 3.8) is 0 Å². The van der Waals surface area contributed by atoms with Gasteiger partial charge in [0.1, 0.15) is 0 Å². The average Bonchev–Trinajstić information content (AvgIpc) is 3.35. The van der Waals surface area contributed by atoms with E-state index in [1.807, 2.05) is 0 Å². The monoisotopic (exact) mass is 386 g/mol. The molecule has 4 rings (SSSR count). The maximum atomic E-state index is 12.2. The highest BCUT2D eigenvalue weighted by molar-refractivity contribution is 5.68. The Morgan fingerprint density at radius 2 is 1.46 bits per heavy atom. The number of benzene rings is 1. The number of aromatic nitrogens is 1. The van der Waals surface area contributed by atoms with Gasteiger partial charge in [-0.15, -0.1) is 4.73 Å². The lowest BCUT2D eigenvalue weighted by atomic mass is 10.1. The van der Waals surface area contributed by atoms with Gasteiger partial charge in [0.25, 0.3) is 0 Å². The highest BCUT2D eigenvalue weighted by Crippen LogP contribution is 2.22. The maximum Gasteiger partial charge on any atom is 0.434 e. The van der Waals surface area contributed by atoms with Gasteiger partial charge in [-0.1, -0.05) is 12.1 Å². The summed E-state index contributed by atoms with van der Waals surface area (Å²) >= 11 is 0. The molecule has 2 aliphatic rings. The van der Waals surface area contributed by atoms with Crippen LogP contribution in [0.5, 0.6) is 11.8 Å². The summed E-state index contributed by atoms with van der Waals surface area (Å²) in [7, 11) is 0. The van der Waals surface area contributed by atoms with E-state index in [4.69, 9.17) is 4.84 Å². The van der Waals surface area contributed by atoms with Gasteiger partial charge in [-0.25, -0.2) is 4.79 Å². The third kappa shape index (κ3) is 4.01. The molecule has 2 aromatic rings. The highest BCUT2D eigenvalue weighted by Gasteiger charge is 2.24. The quantitative estimate of drug-likeness (QED) is 0.835. The summed E-state index contributed by atoms with van der Waals surface area (Å²) in [4.78, 5) is 23.6. The van der Waals surface area contributed by atoms with E-state index in [9.17, 15) is 15.0 Å². The molecule has 0 saturated carbocycles. The molecule has 0 bridgehead atoms. The van der Waals surface area contributed by atoms with E-state index in [0.717, 1.165) is 37.5 Å². The molecule has 1 amide bonds. The molecule has 1 aromatic heterocycles. The van der Waals surface area contributed by atoms with Gasteiger partial charge in [0.05, 0.1) is 0 Å². The predicted octanol–water partition coefficient (Wildman–Crippen LogP) is 1.87. The van der Waals surface area contributed by atoms with Crippen molar-refractivity contribution in [1.29, 1.82) is 0 Å². The summed E-state index contributed by atoms with van der Waals surface area (Å²) < 4.78 is 0.719. The van der Waals surface area contributed by atoms with Crippen LogP contribution in [0, 0.1) is 0 Å². The molecule has 8 heteroatoms. The summed E-state index contributed by atoms with van der Waals surface area (Å²) in [6.07, 6.45) is 1.96. The third-order valence-electron chi connectivity index (χ3n) is 5.41. The Balaban J connectivity index is 1.26. The van der Waals surface area contributed by atoms with Crippen LogP contribution in [0.4, 0.5) is 10.5 Å². The molecule has 1 aromatic carbocycles. The first-order valence-electron chi connectivity index (χ1n) is 9.73. The summed E-state index contributed by atoms with van der Waals surface area (Å²) in [5.74, 6) is -0.635. The molecule has 2 fully saturated rings. The van der Waals surface area contributed by atoms with Gasteiger partial charge in [-0.3, -0.25) is 4.90 Å². The number of carbonyl (C=O) groups is 1. The Morgan fingerprint density at radius 3 is 2.07 bits per heavy atom. The van der Waals surface area contributed by atoms with Crippen LogP contribution in [0.15, 0.2) is 36.4 Å². The zero-order valence-corrected chi connectivity index (χ0v) is 15.8. The topological polar surface area (TPSA) is 81.4 Å². The zero-order valence-electron chi connectivity index (χ0n) is 15.8. The van der Waals surface area contributed by atoms with Crippen LogP contribution in [0.3, 0.4) is 0 Å². The zero-order chi connectivity index (χ0) is 19.5. The molecular weight excluding hydrogens is 360 g/mol. The number of amides is 1. The Hall–Kier alpha value is -2.87. The second kappa shape index (κ2) is 8.02. The second-order valence-electron chi connectivity index (χ2n) is 7.33. The minimum atomic E-state index is -0.587. The first-order chi connectivity index (χ1) is 13.6. The molecule has 0 atom stereocenters. The van der Waals surface area contributed by atoms with Crippen molar-refractivity contribution in [3.05, 3.63) is 42.0 Å². The van der Waals surface area contributed by atoms with Crippen LogP contribution in [-0.2, 0) is 6.54 Å². The van der Waals surface area contributed by atoms with Crippen molar-refractivity contribution in [2.75, 3.05) is 44.2 Å². The summed E-state index contributed by atoms with van der Waals surface area (Å²) in [5, 5.41) is 19.1. The highest BCUT2D eigenvalue weighted by atomic mass is 16.7. The van der Waals surface area contributed by atoms with E-state index >= 15 is 0 Å². The van der Waals surface area contributed by atoms with Crippen molar-refractivity contribution < 1.29 is 19.8 Å². The van der Waals surface area contributed by atoms with E-state index in [2.05, 4.69) is 34.1 Å². The Morgan fingerprint density at radius 1 is 0.857 bits per heavy atom. The van der Waals surface area contributed by atoms with E-state index in [-0.39, 0.29) is 11.8 Å². The van der Waals surface area contributed by atoms with Crippen LogP contribution < -0.4 is 9.74 Å². The Bertz CT molecular complexity index is 787. The number of nitrogens with zero attached hydrogens (tertiary/aromatic N) is 4. The molecule has 0 unspecified atom stereocenters. The molecule has 0 aliphatic carbocycles. The lowest BCUT2D eigenvalue weighted by molar-refractivity contribution is 0.0555. The lowest BCUT2D eigenvalue weighted by Gasteiger charge is -2.34. The van der Waals surface area contributed by atoms with Gasteiger partial charge < -0.3 is 24.9 Å². The van der Waals surface area contributed by atoms with E-state index < -0.39 is 6.09 Å². The number of hydrogen-bond donors (Lipinski definition) is 2.